The second-order valence-corrected chi connectivity index (χ2v) is 4.32. The maximum absolute atomic E-state index is 13.1. The monoisotopic (exact) mass is 292 g/mol. The van der Waals surface area contributed by atoms with Gasteiger partial charge in [0.15, 0.2) is 0 Å². The Hall–Kier alpha value is -1.62. The standard InChI is InChI=1S/C13H6ClF5/c14-10-2-7(1-9(5-10)13(17,18)19)8-3-11(15)6-12(16)4-8/h1-6H. The average Bonchev–Trinajstić information content (AvgIpc) is 2.25. The van der Waals surface area contributed by atoms with Crippen molar-refractivity contribution in [1.82, 2.24) is 0 Å². The molecule has 0 spiro atoms. The number of halogens is 6. The first-order chi connectivity index (χ1) is 8.75. The molecule has 0 saturated carbocycles. The summed E-state index contributed by atoms with van der Waals surface area (Å²) >= 11 is 5.60. The molecule has 0 N–H and O–H groups in total. The highest BCUT2D eigenvalue weighted by Crippen LogP contribution is 2.35. The summed E-state index contributed by atoms with van der Waals surface area (Å²) in [5.74, 6) is -1.74. The largest absolute Gasteiger partial charge is 0.416 e. The molecule has 0 aliphatic carbocycles. The molecular formula is C13H6ClF5. The average molecular weight is 293 g/mol. The van der Waals surface area contributed by atoms with E-state index in [2.05, 4.69) is 0 Å². The molecule has 0 aliphatic rings. The first kappa shape index (κ1) is 13.8. The molecule has 6 heteroatoms. The number of benzene rings is 2. The van der Waals surface area contributed by atoms with Crippen LogP contribution < -0.4 is 0 Å². The molecule has 19 heavy (non-hydrogen) atoms. The molecule has 2 rings (SSSR count). The fraction of sp³-hybridized carbons (Fsp3) is 0.0769. The summed E-state index contributed by atoms with van der Waals surface area (Å²) in [5.41, 5.74) is -0.983. The lowest BCUT2D eigenvalue weighted by atomic mass is 10.0. The number of hydrogen-bond donors (Lipinski definition) is 0. The van der Waals surface area contributed by atoms with Gasteiger partial charge in [-0.05, 0) is 41.5 Å². The molecule has 2 aromatic carbocycles. The van der Waals surface area contributed by atoms with E-state index in [-0.39, 0.29) is 16.1 Å². The van der Waals surface area contributed by atoms with Crippen LogP contribution >= 0.6 is 11.6 Å². The topological polar surface area (TPSA) is 0 Å². The normalized spacial score (nSPS) is 11.7. The van der Waals surface area contributed by atoms with Crippen LogP contribution in [0.5, 0.6) is 0 Å². The van der Waals surface area contributed by atoms with Gasteiger partial charge in [0, 0.05) is 11.1 Å². The predicted octanol–water partition coefficient (Wildman–Crippen LogP) is 5.30. The van der Waals surface area contributed by atoms with E-state index < -0.39 is 23.4 Å². The quantitative estimate of drug-likeness (QED) is 0.625. The van der Waals surface area contributed by atoms with Crippen LogP contribution in [-0.4, -0.2) is 0 Å². The first-order valence-corrected chi connectivity index (χ1v) is 5.48. The second-order valence-electron chi connectivity index (χ2n) is 3.88. The van der Waals surface area contributed by atoms with Crippen molar-refractivity contribution in [2.24, 2.45) is 0 Å². The van der Waals surface area contributed by atoms with Crippen molar-refractivity contribution < 1.29 is 22.0 Å². The zero-order valence-corrected chi connectivity index (χ0v) is 9.99. The maximum Gasteiger partial charge on any atom is 0.416 e. The van der Waals surface area contributed by atoms with Crippen LogP contribution in [0.3, 0.4) is 0 Å². The van der Waals surface area contributed by atoms with Crippen LogP contribution in [0.4, 0.5) is 22.0 Å². The summed E-state index contributed by atoms with van der Waals surface area (Å²) in [7, 11) is 0. The lowest BCUT2D eigenvalue weighted by Gasteiger charge is -2.10. The Morgan fingerprint density at radius 3 is 1.79 bits per heavy atom. The van der Waals surface area contributed by atoms with E-state index >= 15 is 0 Å². The summed E-state index contributed by atoms with van der Waals surface area (Å²) in [6.07, 6.45) is -4.58. The summed E-state index contributed by atoms with van der Waals surface area (Å²) < 4.78 is 64.0. The predicted molar refractivity (Wildman–Crippen MR) is 61.8 cm³/mol. The Balaban J connectivity index is 2.59. The zero-order valence-electron chi connectivity index (χ0n) is 9.23. The van der Waals surface area contributed by atoms with Gasteiger partial charge < -0.3 is 0 Å². The van der Waals surface area contributed by atoms with Crippen LogP contribution in [0, 0.1) is 11.6 Å². The van der Waals surface area contributed by atoms with Gasteiger partial charge in [-0.1, -0.05) is 11.6 Å². The third kappa shape index (κ3) is 3.23. The molecule has 0 fully saturated rings. The SMILES string of the molecule is Fc1cc(F)cc(-c2cc(Cl)cc(C(F)(F)F)c2)c1. The molecule has 0 aromatic heterocycles. The van der Waals surface area contributed by atoms with Crippen molar-refractivity contribution in [3.63, 3.8) is 0 Å². The molecular weight excluding hydrogens is 287 g/mol. The van der Waals surface area contributed by atoms with Gasteiger partial charge in [0.25, 0.3) is 0 Å². The van der Waals surface area contributed by atoms with Gasteiger partial charge in [-0.2, -0.15) is 13.2 Å². The van der Waals surface area contributed by atoms with Crippen LogP contribution in [0.25, 0.3) is 11.1 Å². The van der Waals surface area contributed by atoms with Crippen LogP contribution in [0.1, 0.15) is 5.56 Å². The minimum Gasteiger partial charge on any atom is -0.207 e. The van der Waals surface area contributed by atoms with Crippen molar-refractivity contribution in [2.75, 3.05) is 0 Å². The molecule has 0 amide bonds. The van der Waals surface area contributed by atoms with Gasteiger partial charge >= 0.3 is 6.18 Å². The lowest BCUT2D eigenvalue weighted by molar-refractivity contribution is -0.137. The fourth-order valence-corrected chi connectivity index (χ4v) is 1.88. The second kappa shape index (κ2) is 4.81. The summed E-state index contributed by atoms with van der Waals surface area (Å²) in [6.45, 7) is 0. The molecule has 0 nitrogen and oxygen atoms in total. The fourth-order valence-electron chi connectivity index (χ4n) is 1.64. The Morgan fingerprint density at radius 2 is 1.26 bits per heavy atom. The summed E-state index contributed by atoms with van der Waals surface area (Å²) in [6, 6.07) is 5.27. The Labute approximate surface area is 110 Å². The van der Waals surface area contributed by atoms with Crippen molar-refractivity contribution >= 4 is 11.6 Å². The molecule has 0 saturated heterocycles. The Kier molecular flexibility index (Phi) is 3.49. The highest BCUT2D eigenvalue weighted by Gasteiger charge is 2.31. The molecule has 0 heterocycles. The van der Waals surface area contributed by atoms with Crippen molar-refractivity contribution in [3.05, 3.63) is 58.6 Å². The zero-order chi connectivity index (χ0) is 14.2. The Morgan fingerprint density at radius 1 is 0.737 bits per heavy atom. The lowest BCUT2D eigenvalue weighted by Crippen LogP contribution is -2.04. The van der Waals surface area contributed by atoms with Gasteiger partial charge in [-0.15, -0.1) is 0 Å². The number of rotatable bonds is 1. The first-order valence-electron chi connectivity index (χ1n) is 5.10. The minimum absolute atomic E-state index is 0.00164. The number of hydrogen-bond acceptors (Lipinski definition) is 0. The number of alkyl halides is 3. The van der Waals surface area contributed by atoms with Gasteiger partial charge in [0.2, 0.25) is 0 Å². The van der Waals surface area contributed by atoms with Gasteiger partial charge in [-0.25, -0.2) is 8.78 Å². The van der Waals surface area contributed by atoms with E-state index in [4.69, 9.17) is 11.6 Å². The molecule has 0 atom stereocenters. The molecule has 0 aliphatic heterocycles. The Bertz CT molecular complexity index is 599. The van der Waals surface area contributed by atoms with E-state index in [0.717, 1.165) is 24.3 Å². The third-order valence-corrected chi connectivity index (χ3v) is 2.64. The molecule has 0 unspecified atom stereocenters. The smallest absolute Gasteiger partial charge is 0.207 e. The van der Waals surface area contributed by atoms with E-state index in [1.165, 1.54) is 6.07 Å². The van der Waals surface area contributed by atoms with Gasteiger partial charge in [0.1, 0.15) is 11.6 Å². The van der Waals surface area contributed by atoms with Crippen LogP contribution in [-0.2, 0) is 6.18 Å². The van der Waals surface area contributed by atoms with Crippen LogP contribution in [0.15, 0.2) is 36.4 Å². The molecule has 2 aromatic rings. The van der Waals surface area contributed by atoms with E-state index in [9.17, 15) is 22.0 Å². The van der Waals surface area contributed by atoms with Crippen molar-refractivity contribution in [2.45, 2.75) is 6.18 Å². The molecule has 0 radical (unpaired) electrons. The van der Waals surface area contributed by atoms with E-state index in [1.807, 2.05) is 0 Å². The third-order valence-electron chi connectivity index (χ3n) is 2.42. The van der Waals surface area contributed by atoms with Crippen molar-refractivity contribution in [3.8, 4) is 11.1 Å². The summed E-state index contributed by atoms with van der Waals surface area (Å²) in [5, 5.41) is -0.158. The highest BCUT2D eigenvalue weighted by molar-refractivity contribution is 6.31. The highest BCUT2D eigenvalue weighted by atomic mass is 35.5. The van der Waals surface area contributed by atoms with E-state index in [1.54, 1.807) is 0 Å². The van der Waals surface area contributed by atoms with Crippen LogP contribution in [0.2, 0.25) is 5.02 Å². The molecule has 100 valence electrons. The summed E-state index contributed by atoms with van der Waals surface area (Å²) in [4.78, 5) is 0. The minimum atomic E-state index is -4.58. The van der Waals surface area contributed by atoms with E-state index in [0.29, 0.717) is 6.07 Å². The van der Waals surface area contributed by atoms with Gasteiger partial charge in [0.05, 0.1) is 5.56 Å². The van der Waals surface area contributed by atoms with Crippen molar-refractivity contribution in [1.29, 1.82) is 0 Å². The molecule has 0 bridgehead atoms. The van der Waals surface area contributed by atoms with Gasteiger partial charge in [-0.3, -0.25) is 0 Å². The maximum atomic E-state index is 13.1.